The van der Waals surface area contributed by atoms with Crippen molar-refractivity contribution in [2.24, 2.45) is 5.92 Å². The number of likely N-dealkylation sites (tertiary alicyclic amines) is 1. The van der Waals surface area contributed by atoms with Crippen molar-refractivity contribution < 1.29 is 14.6 Å². The van der Waals surface area contributed by atoms with Gasteiger partial charge in [0.05, 0.1) is 24.4 Å². The number of methoxy groups -OCH3 is 1. The molecule has 4 rings (SSSR count). The number of nitrogens with zero attached hydrogens (tertiary/aromatic N) is 5. The van der Waals surface area contributed by atoms with E-state index in [1.165, 1.54) is 0 Å². The van der Waals surface area contributed by atoms with Crippen LogP contribution in [0.1, 0.15) is 36.6 Å². The first kappa shape index (κ1) is 23.1. The number of hydrogen-bond acceptors (Lipinski definition) is 6. The summed E-state index contributed by atoms with van der Waals surface area (Å²) < 4.78 is 7.41. The van der Waals surface area contributed by atoms with Gasteiger partial charge in [-0.2, -0.15) is 5.10 Å². The summed E-state index contributed by atoms with van der Waals surface area (Å²) in [7, 11) is 1.68. The number of fused-ring (bicyclic) bond motifs is 1. The Bertz CT molecular complexity index is 1160. The summed E-state index contributed by atoms with van der Waals surface area (Å²) >= 11 is 0. The molecule has 8 nitrogen and oxygen atoms in total. The lowest BCUT2D eigenvalue weighted by Crippen LogP contribution is -2.36. The second kappa shape index (κ2) is 10.2. The highest BCUT2D eigenvalue weighted by Gasteiger charge is 2.24. The first-order valence-corrected chi connectivity index (χ1v) is 11.4. The fraction of sp³-hybridized carbons (Fsp3) is 0.440. The highest BCUT2D eigenvalue weighted by atomic mass is 16.5. The van der Waals surface area contributed by atoms with Crippen LogP contribution in [0.15, 0.2) is 30.7 Å². The number of piperidine rings is 1. The Labute approximate surface area is 193 Å². The van der Waals surface area contributed by atoms with Gasteiger partial charge in [-0.1, -0.05) is 12.2 Å². The molecule has 0 aromatic carbocycles. The highest BCUT2D eigenvalue weighted by Crippen LogP contribution is 2.34. The van der Waals surface area contributed by atoms with Gasteiger partial charge in [0.1, 0.15) is 0 Å². The molecule has 0 spiro atoms. The average molecular weight is 450 g/mol. The van der Waals surface area contributed by atoms with Crippen LogP contribution >= 0.6 is 0 Å². The van der Waals surface area contributed by atoms with Crippen LogP contribution in [0.4, 0.5) is 0 Å². The van der Waals surface area contributed by atoms with Crippen molar-refractivity contribution in [2.75, 3.05) is 26.7 Å². The van der Waals surface area contributed by atoms with Gasteiger partial charge in [-0.25, -0.2) is 9.67 Å². The third-order valence-corrected chi connectivity index (χ3v) is 6.23. The van der Waals surface area contributed by atoms with Gasteiger partial charge in [-0.05, 0) is 51.4 Å². The molecule has 33 heavy (non-hydrogen) atoms. The number of ether oxygens (including phenoxy) is 1. The molecule has 8 heteroatoms. The second-order valence-electron chi connectivity index (χ2n) is 8.54. The van der Waals surface area contributed by atoms with Crippen molar-refractivity contribution in [3.63, 3.8) is 0 Å². The van der Waals surface area contributed by atoms with Gasteiger partial charge in [0, 0.05) is 54.7 Å². The van der Waals surface area contributed by atoms with Crippen molar-refractivity contribution in [1.29, 1.82) is 0 Å². The van der Waals surface area contributed by atoms with Gasteiger partial charge >= 0.3 is 5.97 Å². The van der Waals surface area contributed by atoms with Crippen LogP contribution in [0.2, 0.25) is 0 Å². The highest BCUT2D eigenvalue weighted by molar-refractivity contribution is 5.97. The third kappa shape index (κ3) is 4.96. The van der Waals surface area contributed by atoms with Gasteiger partial charge in [0.15, 0.2) is 5.65 Å². The Morgan fingerprint density at radius 1 is 1.27 bits per heavy atom. The van der Waals surface area contributed by atoms with E-state index >= 15 is 0 Å². The number of pyridine rings is 2. The molecule has 0 unspecified atom stereocenters. The average Bonchev–Trinajstić information content (AvgIpc) is 3.22. The van der Waals surface area contributed by atoms with E-state index in [1.54, 1.807) is 7.11 Å². The minimum absolute atomic E-state index is 0.222. The van der Waals surface area contributed by atoms with E-state index in [1.807, 2.05) is 30.2 Å². The Morgan fingerprint density at radius 2 is 2.06 bits per heavy atom. The van der Waals surface area contributed by atoms with E-state index in [0.717, 1.165) is 65.2 Å². The van der Waals surface area contributed by atoms with Crippen molar-refractivity contribution in [3.05, 3.63) is 47.6 Å². The van der Waals surface area contributed by atoms with Crippen molar-refractivity contribution in [3.8, 4) is 11.1 Å². The van der Waals surface area contributed by atoms with E-state index in [2.05, 4.69) is 40.1 Å². The zero-order chi connectivity index (χ0) is 23.4. The number of carboxylic acids is 1. The summed E-state index contributed by atoms with van der Waals surface area (Å²) in [6, 6.07) is 2.13. The predicted molar refractivity (Wildman–Crippen MR) is 128 cm³/mol. The number of hydrogen-bond donors (Lipinski definition) is 1. The molecule has 1 aliphatic heterocycles. The fourth-order valence-corrected chi connectivity index (χ4v) is 4.49. The standard InChI is InChI=1S/C25H31N5O3/c1-4-30-24-21(15-27-30)23(19-12-17(2)13-26-14-19)20(22(28-24)16-33-3)6-5-9-29-10-7-18(8-11-29)25(31)32/h5-6,12-15,18H,4,7-11,16H2,1-3H3,(H,31,32). The number of aryl methyl sites for hydroxylation is 2. The molecule has 0 radical (unpaired) electrons. The molecule has 3 aromatic rings. The summed E-state index contributed by atoms with van der Waals surface area (Å²) in [5.74, 6) is -0.904. The van der Waals surface area contributed by atoms with Crippen LogP contribution in [0, 0.1) is 12.8 Å². The summed E-state index contributed by atoms with van der Waals surface area (Å²) in [6.45, 7) is 7.56. The van der Waals surface area contributed by atoms with E-state index in [0.29, 0.717) is 19.4 Å². The number of aliphatic carboxylic acids is 1. The summed E-state index contributed by atoms with van der Waals surface area (Å²) in [4.78, 5) is 22.9. The molecule has 0 aliphatic carbocycles. The van der Waals surface area contributed by atoms with Gasteiger partial charge in [-0.3, -0.25) is 14.7 Å². The monoisotopic (exact) mass is 449 g/mol. The lowest BCUT2D eigenvalue weighted by Gasteiger charge is -2.28. The maximum absolute atomic E-state index is 11.2. The molecule has 1 saturated heterocycles. The van der Waals surface area contributed by atoms with E-state index in [-0.39, 0.29) is 5.92 Å². The number of aromatic nitrogens is 4. The molecule has 0 amide bonds. The molecular formula is C25H31N5O3. The SMILES string of the molecule is CCn1ncc2c(-c3cncc(C)c3)c(C=CCN3CCC(C(=O)O)CC3)c(COC)nc21. The lowest BCUT2D eigenvalue weighted by molar-refractivity contribution is -0.143. The first-order valence-electron chi connectivity index (χ1n) is 11.4. The zero-order valence-electron chi connectivity index (χ0n) is 19.5. The molecule has 1 fully saturated rings. The van der Waals surface area contributed by atoms with E-state index in [9.17, 15) is 9.90 Å². The zero-order valence-corrected chi connectivity index (χ0v) is 19.5. The van der Waals surface area contributed by atoms with Gasteiger partial charge < -0.3 is 9.84 Å². The lowest BCUT2D eigenvalue weighted by atomic mass is 9.95. The first-order chi connectivity index (χ1) is 16.0. The van der Waals surface area contributed by atoms with Crippen LogP contribution in [0.25, 0.3) is 28.2 Å². The molecular weight excluding hydrogens is 418 g/mol. The van der Waals surface area contributed by atoms with Crippen LogP contribution in [-0.2, 0) is 22.7 Å². The van der Waals surface area contributed by atoms with Crippen LogP contribution in [0.3, 0.4) is 0 Å². The molecule has 1 N–H and O–H groups in total. The Morgan fingerprint density at radius 3 is 2.73 bits per heavy atom. The Kier molecular flexibility index (Phi) is 7.15. The van der Waals surface area contributed by atoms with Crippen molar-refractivity contribution in [2.45, 2.75) is 39.8 Å². The smallest absolute Gasteiger partial charge is 0.306 e. The number of carbonyl (C=O) groups is 1. The molecule has 0 bridgehead atoms. The fourth-order valence-electron chi connectivity index (χ4n) is 4.49. The predicted octanol–water partition coefficient (Wildman–Crippen LogP) is 3.78. The summed E-state index contributed by atoms with van der Waals surface area (Å²) in [5, 5.41) is 14.8. The molecule has 0 saturated carbocycles. The number of carboxylic acid groups (broad SMARTS) is 1. The maximum atomic E-state index is 11.2. The van der Waals surface area contributed by atoms with Gasteiger partial charge in [0.2, 0.25) is 0 Å². The maximum Gasteiger partial charge on any atom is 0.306 e. The Balaban J connectivity index is 1.73. The Hall–Kier alpha value is -3.10. The summed E-state index contributed by atoms with van der Waals surface area (Å²) in [6.07, 6.45) is 11.3. The van der Waals surface area contributed by atoms with Crippen LogP contribution < -0.4 is 0 Å². The molecule has 3 aromatic heterocycles. The van der Waals surface area contributed by atoms with Crippen LogP contribution in [0.5, 0.6) is 0 Å². The van der Waals surface area contributed by atoms with Gasteiger partial charge in [-0.15, -0.1) is 0 Å². The summed E-state index contributed by atoms with van der Waals surface area (Å²) in [5.41, 5.74) is 5.88. The number of rotatable bonds is 8. The van der Waals surface area contributed by atoms with Crippen LogP contribution in [-0.4, -0.2) is 62.5 Å². The van der Waals surface area contributed by atoms with Crippen molar-refractivity contribution in [1.82, 2.24) is 24.6 Å². The topological polar surface area (TPSA) is 93.4 Å². The molecule has 0 atom stereocenters. The quantitative estimate of drug-likeness (QED) is 0.559. The van der Waals surface area contributed by atoms with E-state index < -0.39 is 5.97 Å². The largest absolute Gasteiger partial charge is 0.481 e. The molecule has 174 valence electrons. The second-order valence-corrected chi connectivity index (χ2v) is 8.54. The molecule has 1 aliphatic rings. The van der Waals surface area contributed by atoms with Gasteiger partial charge in [0.25, 0.3) is 0 Å². The minimum atomic E-state index is -0.683. The normalized spacial score (nSPS) is 15.6. The van der Waals surface area contributed by atoms with Crippen molar-refractivity contribution >= 4 is 23.1 Å². The third-order valence-electron chi connectivity index (χ3n) is 6.23. The molecule has 4 heterocycles. The van der Waals surface area contributed by atoms with E-state index in [4.69, 9.17) is 9.72 Å². The minimum Gasteiger partial charge on any atom is -0.481 e.